The average Bonchev–Trinajstić information content (AvgIpc) is 3.18. The maximum atomic E-state index is 13.9. The van der Waals surface area contributed by atoms with Crippen LogP contribution in [0.25, 0.3) is 11.4 Å². The number of carbonyl (C=O) groups excluding carboxylic acids is 1. The van der Waals surface area contributed by atoms with Gasteiger partial charge in [0.25, 0.3) is 5.91 Å². The number of rotatable bonds is 3. The number of nitrogens with zero attached hydrogens (tertiary/aromatic N) is 5. The van der Waals surface area contributed by atoms with Crippen LogP contribution in [0.3, 0.4) is 0 Å². The van der Waals surface area contributed by atoms with E-state index in [4.69, 9.17) is 0 Å². The fourth-order valence-electron chi connectivity index (χ4n) is 3.26. The zero-order valence-corrected chi connectivity index (χ0v) is 14.7. The van der Waals surface area contributed by atoms with Crippen molar-refractivity contribution in [3.8, 4) is 11.4 Å². The smallest absolute Gasteiger partial charge is 0.256 e. The SMILES string of the molecule is O=C(c1ccc(F)cc1F)N1CCCC(n2nnc(-c3ccc(F)cc3)n2)C1. The highest BCUT2D eigenvalue weighted by atomic mass is 19.1. The maximum absolute atomic E-state index is 13.9. The van der Waals surface area contributed by atoms with Crippen LogP contribution in [0.15, 0.2) is 42.5 Å². The Bertz CT molecular complexity index is 1010. The van der Waals surface area contributed by atoms with E-state index in [9.17, 15) is 18.0 Å². The molecular weight excluding hydrogens is 371 g/mol. The summed E-state index contributed by atoms with van der Waals surface area (Å²) in [4.78, 5) is 15.6. The molecule has 2 heterocycles. The Hall–Kier alpha value is -3.23. The molecule has 1 aliphatic rings. The molecule has 0 aliphatic carbocycles. The van der Waals surface area contributed by atoms with Gasteiger partial charge in [0.05, 0.1) is 11.6 Å². The van der Waals surface area contributed by atoms with E-state index in [1.165, 1.54) is 21.8 Å². The van der Waals surface area contributed by atoms with E-state index in [0.29, 0.717) is 30.4 Å². The third kappa shape index (κ3) is 3.60. The van der Waals surface area contributed by atoms with Crippen molar-refractivity contribution >= 4 is 5.91 Å². The van der Waals surface area contributed by atoms with E-state index >= 15 is 0 Å². The van der Waals surface area contributed by atoms with Crippen molar-refractivity contribution < 1.29 is 18.0 Å². The number of aromatic nitrogens is 4. The second-order valence-electron chi connectivity index (χ2n) is 6.61. The molecule has 1 amide bonds. The van der Waals surface area contributed by atoms with Crippen molar-refractivity contribution in [2.75, 3.05) is 13.1 Å². The molecule has 1 aromatic heterocycles. The molecule has 6 nitrogen and oxygen atoms in total. The van der Waals surface area contributed by atoms with Crippen LogP contribution in [0, 0.1) is 17.5 Å². The molecule has 1 saturated heterocycles. The molecule has 1 atom stereocenters. The van der Waals surface area contributed by atoms with Crippen LogP contribution in [-0.2, 0) is 0 Å². The Morgan fingerprint density at radius 2 is 1.79 bits per heavy atom. The summed E-state index contributed by atoms with van der Waals surface area (Å²) in [5, 5.41) is 12.4. The first-order valence-corrected chi connectivity index (χ1v) is 8.81. The summed E-state index contributed by atoms with van der Waals surface area (Å²) >= 11 is 0. The molecule has 28 heavy (non-hydrogen) atoms. The zero-order valence-electron chi connectivity index (χ0n) is 14.7. The molecule has 1 unspecified atom stereocenters. The third-order valence-corrected chi connectivity index (χ3v) is 4.70. The minimum Gasteiger partial charge on any atom is -0.336 e. The number of piperidine rings is 1. The van der Waals surface area contributed by atoms with E-state index < -0.39 is 17.5 Å². The Kier molecular flexibility index (Phi) is 4.81. The highest BCUT2D eigenvalue weighted by Gasteiger charge is 2.28. The van der Waals surface area contributed by atoms with Gasteiger partial charge in [-0.15, -0.1) is 10.2 Å². The van der Waals surface area contributed by atoms with E-state index in [2.05, 4.69) is 15.4 Å². The highest BCUT2D eigenvalue weighted by Crippen LogP contribution is 2.23. The summed E-state index contributed by atoms with van der Waals surface area (Å²) in [6, 6.07) is 8.44. The van der Waals surface area contributed by atoms with Crippen LogP contribution >= 0.6 is 0 Å². The van der Waals surface area contributed by atoms with Crippen molar-refractivity contribution in [2.24, 2.45) is 0 Å². The van der Waals surface area contributed by atoms with Crippen LogP contribution in [0.4, 0.5) is 13.2 Å². The first-order chi connectivity index (χ1) is 13.5. The number of likely N-dealkylation sites (tertiary alicyclic amines) is 1. The molecule has 4 rings (SSSR count). The molecule has 2 aromatic carbocycles. The van der Waals surface area contributed by atoms with Gasteiger partial charge in [-0.3, -0.25) is 4.79 Å². The van der Waals surface area contributed by atoms with E-state index in [-0.39, 0.29) is 24.0 Å². The van der Waals surface area contributed by atoms with Gasteiger partial charge in [0.1, 0.15) is 17.5 Å². The van der Waals surface area contributed by atoms with Gasteiger partial charge in [-0.1, -0.05) is 0 Å². The predicted octanol–water partition coefficient (Wildman–Crippen LogP) is 3.23. The monoisotopic (exact) mass is 387 g/mol. The number of amides is 1. The lowest BCUT2D eigenvalue weighted by atomic mass is 10.0. The van der Waals surface area contributed by atoms with Crippen LogP contribution in [0.2, 0.25) is 0 Å². The standard InChI is InChI=1S/C19H16F3N5O/c20-13-5-3-12(4-6-13)18-23-25-27(24-18)15-2-1-9-26(11-15)19(28)16-8-7-14(21)10-17(16)22/h3-8,10,15H,1-2,9,11H2. The molecule has 0 saturated carbocycles. The minimum atomic E-state index is -0.885. The summed E-state index contributed by atoms with van der Waals surface area (Å²) in [6.07, 6.45) is 1.42. The van der Waals surface area contributed by atoms with Gasteiger partial charge in [-0.25, -0.2) is 13.2 Å². The van der Waals surface area contributed by atoms with Crippen LogP contribution in [0.1, 0.15) is 29.2 Å². The molecule has 0 radical (unpaired) electrons. The van der Waals surface area contributed by atoms with E-state index in [0.717, 1.165) is 18.6 Å². The van der Waals surface area contributed by atoms with Gasteiger partial charge in [0.2, 0.25) is 5.82 Å². The Morgan fingerprint density at radius 3 is 2.54 bits per heavy atom. The summed E-state index contributed by atoms with van der Waals surface area (Å²) in [5.41, 5.74) is 0.463. The van der Waals surface area contributed by atoms with Crippen LogP contribution < -0.4 is 0 Å². The molecule has 0 bridgehead atoms. The van der Waals surface area contributed by atoms with Crippen molar-refractivity contribution in [1.82, 2.24) is 25.1 Å². The van der Waals surface area contributed by atoms with Gasteiger partial charge < -0.3 is 4.90 Å². The summed E-state index contributed by atoms with van der Waals surface area (Å²) < 4.78 is 40.1. The normalized spacial score (nSPS) is 17.0. The van der Waals surface area contributed by atoms with Crippen LogP contribution in [-0.4, -0.2) is 44.1 Å². The molecular formula is C19H16F3N5O. The largest absolute Gasteiger partial charge is 0.336 e. The van der Waals surface area contributed by atoms with Crippen LogP contribution in [0.5, 0.6) is 0 Å². The number of halogens is 3. The number of hydrogen-bond acceptors (Lipinski definition) is 4. The molecule has 0 spiro atoms. The van der Waals surface area contributed by atoms with E-state index in [1.807, 2.05) is 0 Å². The topological polar surface area (TPSA) is 63.9 Å². The lowest BCUT2D eigenvalue weighted by Crippen LogP contribution is -2.41. The maximum Gasteiger partial charge on any atom is 0.256 e. The fourth-order valence-corrected chi connectivity index (χ4v) is 3.26. The summed E-state index contributed by atoms with van der Waals surface area (Å²) in [7, 11) is 0. The van der Waals surface area contributed by atoms with Crippen molar-refractivity contribution in [3.05, 3.63) is 65.5 Å². The van der Waals surface area contributed by atoms with Crippen molar-refractivity contribution in [2.45, 2.75) is 18.9 Å². The lowest BCUT2D eigenvalue weighted by molar-refractivity contribution is 0.0658. The van der Waals surface area contributed by atoms with Gasteiger partial charge in [0, 0.05) is 24.7 Å². The van der Waals surface area contributed by atoms with Gasteiger partial charge >= 0.3 is 0 Å². The zero-order chi connectivity index (χ0) is 19.7. The first-order valence-electron chi connectivity index (χ1n) is 8.81. The number of tetrazole rings is 1. The Morgan fingerprint density at radius 1 is 1.04 bits per heavy atom. The molecule has 1 fully saturated rings. The molecule has 3 aromatic rings. The second kappa shape index (κ2) is 7.41. The minimum absolute atomic E-state index is 0.166. The highest BCUT2D eigenvalue weighted by molar-refractivity contribution is 5.94. The molecule has 1 aliphatic heterocycles. The Balaban J connectivity index is 1.51. The van der Waals surface area contributed by atoms with Crippen molar-refractivity contribution in [1.29, 1.82) is 0 Å². The molecule has 9 heteroatoms. The third-order valence-electron chi connectivity index (χ3n) is 4.70. The number of carbonyl (C=O) groups is 1. The van der Waals surface area contributed by atoms with Crippen molar-refractivity contribution in [3.63, 3.8) is 0 Å². The molecule has 144 valence electrons. The van der Waals surface area contributed by atoms with Gasteiger partial charge in [-0.05, 0) is 54.5 Å². The Labute approximate surface area is 158 Å². The summed E-state index contributed by atoms with van der Waals surface area (Å²) in [5.74, 6) is -2.12. The van der Waals surface area contributed by atoms with E-state index in [1.54, 1.807) is 12.1 Å². The number of benzene rings is 2. The second-order valence-corrected chi connectivity index (χ2v) is 6.61. The predicted molar refractivity (Wildman–Crippen MR) is 93.7 cm³/mol. The quantitative estimate of drug-likeness (QED) is 0.692. The number of hydrogen-bond donors (Lipinski definition) is 0. The van der Waals surface area contributed by atoms with Gasteiger partial charge in [-0.2, -0.15) is 4.80 Å². The molecule has 0 N–H and O–H groups in total. The fraction of sp³-hybridized carbons (Fsp3) is 0.263. The average molecular weight is 387 g/mol. The van der Waals surface area contributed by atoms with Gasteiger partial charge in [0.15, 0.2) is 0 Å². The first kappa shape index (κ1) is 18.1. The lowest BCUT2D eigenvalue weighted by Gasteiger charge is -2.32. The summed E-state index contributed by atoms with van der Waals surface area (Å²) in [6.45, 7) is 0.751.